The summed E-state index contributed by atoms with van der Waals surface area (Å²) in [5.74, 6) is -0.138. The summed E-state index contributed by atoms with van der Waals surface area (Å²) in [6.07, 6.45) is 2.68. The van der Waals surface area contributed by atoms with E-state index in [1.807, 2.05) is 19.1 Å². The molecule has 108 valence electrons. The number of amides is 2. The van der Waals surface area contributed by atoms with Crippen molar-refractivity contribution in [2.24, 2.45) is 0 Å². The highest BCUT2D eigenvalue weighted by atomic mass is 79.9. The van der Waals surface area contributed by atoms with Crippen molar-refractivity contribution in [1.82, 2.24) is 10.2 Å². The van der Waals surface area contributed by atoms with Crippen LogP contribution in [-0.2, 0) is 4.79 Å². The number of aryl methyl sites for hydroxylation is 1. The lowest BCUT2D eigenvalue weighted by atomic mass is 9.99. The van der Waals surface area contributed by atoms with Crippen molar-refractivity contribution in [1.29, 1.82) is 0 Å². The second-order valence-electron chi connectivity index (χ2n) is 5.09. The maximum Gasteiger partial charge on any atom is 0.254 e. The van der Waals surface area contributed by atoms with Crippen LogP contribution in [0.15, 0.2) is 22.7 Å². The van der Waals surface area contributed by atoms with E-state index in [9.17, 15) is 9.59 Å². The summed E-state index contributed by atoms with van der Waals surface area (Å²) in [6, 6.07) is 5.20. The molecule has 1 fully saturated rings. The lowest BCUT2D eigenvalue weighted by Crippen LogP contribution is -2.51. The van der Waals surface area contributed by atoms with Gasteiger partial charge in [0.1, 0.15) is 6.04 Å². The standard InChI is InChI=1S/C15H19BrN2O2/c1-10-9-11(6-7-12(10)16)15(20)18-8-4-3-5-13(18)14(19)17-2/h6-7,9,13H,3-5,8H2,1-2H3,(H,17,19). The van der Waals surface area contributed by atoms with Crippen LogP contribution in [0.1, 0.15) is 35.2 Å². The molecule has 0 aromatic heterocycles. The van der Waals surface area contributed by atoms with Crippen molar-refractivity contribution in [3.05, 3.63) is 33.8 Å². The van der Waals surface area contributed by atoms with Crippen LogP contribution in [0, 0.1) is 6.92 Å². The van der Waals surface area contributed by atoms with Gasteiger partial charge in [0.05, 0.1) is 0 Å². The molecule has 1 heterocycles. The summed E-state index contributed by atoms with van der Waals surface area (Å²) in [6.45, 7) is 2.60. The molecule has 1 aliphatic heterocycles. The van der Waals surface area contributed by atoms with Gasteiger partial charge in [0.15, 0.2) is 0 Å². The average Bonchev–Trinajstić information content (AvgIpc) is 2.48. The van der Waals surface area contributed by atoms with Gasteiger partial charge in [-0.25, -0.2) is 0 Å². The van der Waals surface area contributed by atoms with Crippen molar-refractivity contribution in [2.75, 3.05) is 13.6 Å². The summed E-state index contributed by atoms with van der Waals surface area (Å²) in [5.41, 5.74) is 1.66. The van der Waals surface area contributed by atoms with Gasteiger partial charge in [0.25, 0.3) is 5.91 Å². The van der Waals surface area contributed by atoms with E-state index in [0.29, 0.717) is 12.1 Å². The van der Waals surface area contributed by atoms with Crippen LogP contribution in [0.2, 0.25) is 0 Å². The largest absolute Gasteiger partial charge is 0.357 e. The number of hydrogen-bond donors (Lipinski definition) is 1. The fourth-order valence-corrected chi connectivity index (χ4v) is 2.80. The summed E-state index contributed by atoms with van der Waals surface area (Å²) < 4.78 is 0.982. The van der Waals surface area contributed by atoms with Crippen molar-refractivity contribution in [3.63, 3.8) is 0 Å². The maximum absolute atomic E-state index is 12.6. The number of likely N-dealkylation sites (N-methyl/N-ethyl adjacent to an activating group) is 1. The Balaban J connectivity index is 2.25. The zero-order chi connectivity index (χ0) is 14.7. The minimum absolute atomic E-state index is 0.0612. The Bertz CT molecular complexity index is 531. The molecule has 0 bridgehead atoms. The van der Waals surface area contributed by atoms with Crippen LogP contribution in [-0.4, -0.2) is 36.3 Å². The van der Waals surface area contributed by atoms with Crippen LogP contribution in [0.4, 0.5) is 0 Å². The Morgan fingerprint density at radius 2 is 2.10 bits per heavy atom. The van der Waals surface area contributed by atoms with E-state index in [0.717, 1.165) is 29.3 Å². The molecule has 2 rings (SSSR count). The first-order valence-electron chi connectivity index (χ1n) is 6.83. The predicted molar refractivity (Wildman–Crippen MR) is 81.6 cm³/mol. The smallest absolute Gasteiger partial charge is 0.254 e. The third kappa shape index (κ3) is 3.03. The molecule has 1 N–H and O–H groups in total. The van der Waals surface area contributed by atoms with Crippen LogP contribution in [0.25, 0.3) is 0 Å². The Labute approximate surface area is 127 Å². The van der Waals surface area contributed by atoms with Gasteiger partial charge in [-0.15, -0.1) is 0 Å². The van der Waals surface area contributed by atoms with Gasteiger partial charge in [-0.1, -0.05) is 15.9 Å². The Hall–Kier alpha value is -1.36. The lowest BCUT2D eigenvalue weighted by molar-refractivity contribution is -0.126. The second-order valence-corrected chi connectivity index (χ2v) is 5.94. The van der Waals surface area contributed by atoms with Crippen LogP contribution < -0.4 is 5.32 Å². The van der Waals surface area contributed by atoms with Gasteiger partial charge in [-0.3, -0.25) is 9.59 Å². The quantitative estimate of drug-likeness (QED) is 0.900. The monoisotopic (exact) mass is 338 g/mol. The molecule has 4 nitrogen and oxygen atoms in total. The zero-order valence-electron chi connectivity index (χ0n) is 11.8. The van der Waals surface area contributed by atoms with Crippen LogP contribution in [0.5, 0.6) is 0 Å². The minimum atomic E-state index is -0.342. The average molecular weight is 339 g/mol. The maximum atomic E-state index is 12.6. The molecule has 1 aromatic rings. The van der Waals surface area contributed by atoms with E-state index in [4.69, 9.17) is 0 Å². The number of carbonyl (C=O) groups excluding carboxylic acids is 2. The molecular weight excluding hydrogens is 320 g/mol. The predicted octanol–water partition coefficient (Wildman–Crippen LogP) is 2.50. The van der Waals surface area contributed by atoms with Gasteiger partial charge in [-0.2, -0.15) is 0 Å². The van der Waals surface area contributed by atoms with Crippen molar-refractivity contribution < 1.29 is 9.59 Å². The fraction of sp³-hybridized carbons (Fsp3) is 0.467. The molecule has 1 saturated heterocycles. The molecule has 1 aliphatic rings. The van der Waals surface area contributed by atoms with Gasteiger partial charge >= 0.3 is 0 Å². The lowest BCUT2D eigenvalue weighted by Gasteiger charge is -2.34. The van der Waals surface area contributed by atoms with E-state index in [2.05, 4.69) is 21.2 Å². The van der Waals surface area contributed by atoms with Crippen molar-refractivity contribution in [2.45, 2.75) is 32.2 Å². The molecule has 1 unspecified atom stereocenters. The third-order valence-corrected chi connectivity index (χ3v) is 4.61. The SMILES string of the molecule is CNC(=O)C1CCCCN1C(=O)c1ccc(Br)c(C)c1. The first-order valence-corrected chi connectivity index (χ1v) is 7.62. The van der Waals surface area contributed by atoms with E-state index >= 15 is 0 Å². The molecule has 0 aliphatic carbocycles. The van der Waals surface area contributed by atoms with Crippen molar-refractivity contribution in [3.8, 4) is 0 Å². The van der Waals surface area contributed by atoms with Gasteiger partial charge in [0, 0.05) is 23.6 Å². The molecule has 5 heteroatoms. The van der Waals surface area contributed by atoms with Gasteiger partial charge < -0.3 is 10.2 Å². The molecule has 1 aromatic carbocycles. The molecule has 20 heavy (non-hydrogen) atoms. The number of likely N-dealkylation sites (tertiary alicyclic amines) is 1. The molecule has 0 spiro atoms. The second kappa shape index (κ2) is 6.39. The molecule has 1 atom stereocenters. The highest BCUT2D eigenvalue weighted by Crippen LogP contribution is 2.22. The topological polar surface area (TPSA) is 49.4 Å². The summed E-state index contributed by atoms with van der Waals surface area (Å²) in [7, 11) is 1.61. The number of nitrogens with one attached hydrogen (secondary N) is 1. The van der Waals surface area contributed by atoms with E-state index in [1.54, 1.807) is 18.0 Å². The van der Waals surface area contributed by atoms with E-state index < -0.39 is 0 Å². The van der Waals surface area contributed by atoms with Crippen LogP contribution >= 0.6 is 15.9 Å². The highest BCUT2D eigenvalue weighted by Gasteiger charge is 2.32. The molecule has 0 radical (unpaired) electrons. The molecule has 0 saturated carbocycles. The fourth-order valence-electron chi connectivity index (χ4n) is 2.56. The summed E-state index contributed by atoms with van der Waals surface area (Å²) >= 11 is 3.43. The normalized spacial score (nSPS) is 18.8. The first-order chi connectivity index (χ1) is 9.54. The molecule has 2 amide bonds. The number of piperidine rings is 1. The number of nitrogens with zero attached hydrogens (tertiary/aromatic N) is 1. The number of hydrogen-bond acceptors (Lipinski definition) is 2. The number of halogens is 1. The number of benzene rings is 1. The van der Waals surface area contributed by atoms with E-state index in [1.165, 1.54) is 0 Å². The molecular formula is C15H19BrN2O2. The summed E-state index contributed by atoms with van der Waals surface area (Å²) in [4.78, 5) is 26.2. The zero-order valence-corrected chi connectivity index (χ0v) is 13.4. The van der Waals surface area contributed by atoms with Crippen LogP contribution in [0.3, 0.4) is 0 Å². The Morgan fingerprint density at radius 3 is 2.75 bits per heavy atom. The van der Waals surface area contributed by atoms with Gasteiger partial charge in [0.2, 0.25) is 5.91 Å². The minimum Gasteiger partial charge on any atom is -0.357 e. The van der Waals surface area contributed by atoms with Crippen molar-refractivity contribution >= 4 is 27.7 Å². The number of rotatable bonds is 2. The first kappa shape index (κ1) is 15.0. The Morgan fingerprint density at radius 1 is 1.35 bits per heavy atom. The van der Waals surface area contributed by atoms with Gasteiger partial charge in [-0.05, 0) is 49.9 Å². The Kier molecular flexibility index (Phi) is 4.81. The third-order valence-electron chi connectivity index (χ3n) is 3.72. The highest BCUT2D eigenvalue weighted by molar-refractivity contribution is 9.10. The number of carbonyl (C=O) groups is 2. The van der Waals surface area contributed by atoms with E-state index in [-0.39, 0.29) is 17.9 Å². The summed E-state index contributed by atoms with van der Waals surface area (Å²) in [5, 5.41) is 2.65.